The zero-order chi connectivity index (χ0) is 25.6. The third-order valence-corrected chi connectivity index (χ3v) is 5.25. The summed E-state index contributed by atoms with van der Waals surface area (Å²) in [4.78, 5) is 26.1. The lowest BCUT2D eigenvalue weighted by Gasteiger charge is -2.27. The van der Waals surface area contributed by atoms with E-state index in [9.17, 15) is 46.1 Å². The van der Waals surface area contributed by atoms with Crippen LogP contribution in [0.3, 0.4) is 0 Å². The van der Waals surface area contributed by atoms with Gasteiger partial charge in [-0.25, -0.2) is 0 Å². The second-order valence-corrected chi connectivity index (χ2v) is 8.01. The van der Waals surface area contributed by atoms with Crippen molar-refractivity contribution in [2.75, 3.05) is 6.54 Å². The van der Waals surface area contributed by atoms with Crippen LogP contribution in [0.2, 0.25) is 0 Å². The van der Waals surface area contributed by atoms with Crippen molar-refractivity contribution in [3.8, 4) is 0 Å². The molecule has 2 unspecified atom stereocenters. The highest BCUT2D eigenvalue weighted by Crippen LogP contribution is 2.43. The lowest BCUT2D eigenvalue weighted by molar-refractivity contribution is -0.143. The van der Waals surface area contributed by atoms with E-state index < -0.39 is 70.8 Å². The molecule has 1 heterocycles. The van der Waals surface area contributed by atoms with E-state index >= 15 is 0 Å². The maximum atomic E-state index is 13.4. The smallest absolute Gasteiger partial charge is 0.416 e. The van der Waals surface area contributed by atoms with Crippen LogP contribution < -0.4 is 0 Å². The van der Waals surface area contributed by atoms with Crippen molar-refractivity contribution < 1.29 is 46.1 Å². The third kappa shape index (κ3) is 4.93. The minimum absolute atomic E-state index is 0.0358. The van der Waals surface area contributed by atoms with Gasteiger partial charge in [0.15, 0.2) is 0 Å². The molecule has 182 valence electrons. The molecule has 1 aliphatic rings. The van der Waals surface area contributed by atoms with E-state index in [4.69, 9.17) is 0 Å². The summed E-state index contributed by atoms with van der Waals surface area (Å²) in [5.74, 6) is -3.33. The minimum atomic E-state index is -5.17. The van der Waals surface area contributed by atoms with Crippen LogP contribution in [-0.4, -0.2) is 39.5 Å². The van der Waals surface area contributed by atoms with Gasteiger partial charge in [-0.3, -0.25) is 9.59 Å². The SMILES string of the molecule is Cc1ccc(/C(O)=C2\C(=O)C(=O)N(CC(C)O)C2c2cc(C(F)(F)F)cc(C(F)(F)F)c2)cc1. The average molecular weight is 487 g/mol. The number of aryl methyl sites for hydroxylation is 1. The first-order valence-electron chi connectivity index (χ1n) is 9.94. The van der Waals surface area contributed by atoms with Crippen molar-refractivity contribution in [2.45, 2.75) is 38.3 Å². The molecule has 2 aromatic rings. The Morgan fingerprint density at radius 1 is 0.971 bits per heavy atom. The molecule has 0 radical (unpaired) electrons. The van der Waals surface area contributed by atoms with Gasteiger partial charge in [0.1, 0.15) is 5.76 Å². The monoisotopic (exact) mass is 487 g/mol. The molecule has 0 aromatic heterocycles. The van der Waals surface area contributed by atoms with Crippen molar-refractivity contribution in [3.05, 3.63) is 75.9 Å². The van der Waals surface area contributed by atoms with E-state index in [0.717, 1.165) is 5.56 Å². The number of ketones is 1. The van der Waals surface area contributed by atoms with Crippen LogP contribution in [0.25, 0.3) is 5.76 Å². The number of aliphatic hydroxyl groups excluding tert-OH is 2. The molecule has 2 aromatic carbocycles. The number of nitrogens with zero attached hydrogens (tertiary/aromatic N) is 1. The summed E-state index contributed by atoms with van der Waals surface area (Å²) in [6.07, 6.45) is -11.6. The van der Waals surface area contributed by atoms with Crippen LogP contribution >= 0.6 is 0 Å². The van der Waals surface area contributed by atoms with Crippen LogP contribution in [0.5, 0.6) is 0 Å². The summed E-state index contributed by atoms with van der Waals surface area (Å²) in [6, 6.07) is 4.80. The zero-order valence-electron chi connectivity index (χ0n) is 17.8. The van der Waals surface area contributed by atoms with Gasteiger partial charge >= 0.3 is 12.4 Å². The fourth-order valence-electron chi connectivity index (χ4n) is 3.70. The maximum Gasteiger partial charge on any atom is 0.416 e. The van der Waals surface area contributed by atoms with Crippen molar-refractivity contribution >= 4 is 17.4 Å². The number of β-amino-alcohol motifs (C(OH)–C–C–N with tert-alkyl or cyclic N) is 1. The van der Waals surface area contributed by atoms with E-state index in [1.807, 2.05) is 0 Å². The summed E-state index contributed by atoms with van der Waals surface area (Å²) in [5.41, 5.74) is -3.84. The molecule has 34 heavy (non-hydrogen) atoms. The second-order valence-electron chi connectivity index (χ2n) is 8.01. The Hall–Kier alpha value is -3.34. The molecule has 1 saturated heterocycles. The Morgan fingerprint density at radius 3 is 1.91 bits per heavy atom. The van der Waals surface area contributed by atoms with Gasteiger partial charge in [-0.05, 0) is 37.6 Å². The minimum Gasteiger partial charge on any atom is -0.507 e. The number of amides is 1. The van der Waals surface area contributed by atoms with Gasteiger partial charge in [-0.2, -0.15) is 26.3 Å². The highest BCUT2D eigenvalue weighted by Gasteiger charge is 2.48. The summed E-state index contributed by atoms with van der Waals surface area (Å²) in [7, 11) is 0. The summed E-state index contributed by atoms with van der Waals surface area (Å²) in [6.45, 7) is 2.38. The third-order valence-electron chi connectivity index (χ3n) is 5.25. The van der Waals surface area contributed by atoms with Crippen LogP contribution in [0, 0.1) is 6.92 Å². The van der Waals surface area contributed by atoms with Gasteiger partial charge in [-0.1, -0.05) is 29.8 Å². The molecule has 1 amide bonds. The normalized spacial score (nSPS) is 19.6. The maximum absolute atomic E-state index is 13.4. The molecule has 1 aliphatic heterocycles. The van der Waals surface area contributed by atoms with Gasteiger partial charge in [0.05, 0.1) is 28.8 Å². The fraction of sp³-hybridized carbons (Fsp3) is 0.304. The number of Topliss-reactive ketones (excluding diaryl/α,β-unsaturated/α-hetero) is 1. The van der Waals surface area contributed by atoms with E-state index in [2.05, 4.69) is 0 Å². The molecule has 2 atom stereocenters. The molecular formula is C23H19F6NO4. The van der Waals surface area contributed by atoms with E-state index in [1.54, 1.807) is 19.1 Å². The quantitative estimate of drug-likeness (QED) is 0.280. The first-order valence-corrected chi connectivity index (χ1v) is 9.94. The van der Waals surface area contributed by atoms with E-state index in [-0.39, 0.29) is 11.6 Å². The fourth-order valence-corrected chi connectivity index (χ4v) is 3.70. The largest absolute Gasteiger partial charge is 0.507 e. The predicted molar refractivity (Wildman–Crippen MR) is 108 cm³/mol. The van der Waals surface area contributed by atoms with Gasteiger partial charge in [-0.15, -0.1) is 0 Å². The lowest BCUT2D eigenvalue weighted by atomic mass is 9.92. The zero-order valence-corrected chi connectivity index (χ0v) is 17.8. The Labute approximate surface area is 189 Å². The number of hydrogen-bond acceptors (Lipinski definition) is 4. The number of hydrogen-bond donors (Lipinski definition) is 2. The highest BCUT2D eigenvalue weighted by molar-refractivity contribution is 6.46. The number of likely N-dealkylation sites (tertiary alicyclic amines) is 1. The first-order chi connectivity index (χ1) is 15.6. The van der Waals surface area contributed by atoms with Crippen LogP contribution in [-0.2, 0) is 21.9 Å². The first kappa shape index (κ1) is 25.3. The van der Waals surface area contributed by atoms with Gasteiger partial charge in [0.2, 0.25) is 0 Å². The van der Waals surface area contributed by atoms with Crippen molar-refractivity contribution in [2.24, 2.45) is 0 Å². The van der Waals surface area contributed by atoms with Gasteiger partial charge < -0.3 is 15.1 Å². The summed E-state index contributed by atoms with van der Waals surface area (Å²) in [5, 5.41) is 20.6. The molecule has 1 fully saturated rings. The topological polar surface area (TPSA) is 77.8 Å². The molecule has 11 heteroatoms. The van der Waals surface area contributed by atoms with E-state index in [1.165, 1.54) is 19.1 Å². The Balaban J connectivity index is 2.33. The van der Waals surface area contributed by atoms with Crippen LogP contribution in [0.1, 0.15) is 40.8 Å². The Morgan fingerprint density at radius 2 is 1.47 bits per heavy atom. The molecule has 0 saturated carbocycles. The number of carbonyl (C=O) groups excluding carboxylic acids is 2. The molecule has 0 spiro atoms. The molecule has 2 N–H and O–H groups in total. The lowest BCUT2D eigenvalue weighted by Crippen LogP contribution is -2.35. The number of rotatable bonds is 4. The highest BCUT2D eigenvalue weighted by atomic mass is 19.4. The number of halogens is 6. The Kier molecular flexibility index (Phi) is 6.53. The number of aliphatic hydroxyl groups is 2. The molecule has 0 aliphatic carbocycles. The second kappa shape index (κ2) is 8.79. The van der Waals surface area contributed by atoms with Crippen molar-refractivity contribution in [1.82, 2.24) is 4.90 Å². The van der Waals surface area contributed by atoms with Crippen molar-refractivity contribution in [3.63, 3.8) is 0 Å². The number of benzene rings is 2. The van der Waals surface area contributed by atoms with Gasteiger partial charge in [0.25, 0.3) is 11.7 Å². The van der Waals surface area contributed by atoms with Crippen LogP contribution in [0.15, 0.2) is 48.0 Å². The predicted octanol–water partition coefficient (Wildman–Crippen LogP) is 4.84. The number of carbonyl (C=O) groups is 2. The van der Waals surface area contributed by atoms with E-state index in [0.29, 0.717) is 17.0 Å². The molecule has 5 nitrogen and oxygen atoms in total. The molecule has 3 rings (SSSR count). The standard InChI is InChI=1S/C23H19F6NO4/c1-11-3-5-13(6-4-11)19(32)17-18(30(10-12(2)31)21(34)20(17)33)14-7-15(22(24,25)26)9-16(8-14)23(27,28)29/h3-9,12,18,31-32H,10H2,1-2H3/b19-17+. The van der Waals surface area contributed by atoms with Gasteiger partial charge in [0, 0.05) is 12.1 Å². The average Bonchev–Trinajstić information content (AvgIpc) is 2.96. The van der Waals surface area contributed by atoms with Crippen molar-refractivity contribution in [1.29, 1.82) is 0 Å². The summed E-state index contributed by atoms with van der Waals surface area (Å²) < 4.78 is 80.6. The molecular weight excluding hydrogens is 468 g/mol. The number of alkyl halides is 6. The molecule has 0 bridgehead atoms. The Bertz CT molecular complexity index is 1120. The van der Waals surface area contributed by atoms with Crippen LogP contribution in [0.4, 0.5) is 26.3 Å². The summed E-state index contributed by atoms with van der Waals surface area (Å²) >= 11 is 0.